The van der Waals surface area contributed by atoms with Crippen molar-refractivity contribution in [2.45, 2.75) is 134 Å². The van der Waals surface area contributed by atoms with Gasteiger partial charge >= 0.3 is 0 Å². The molecule has 2 bridgehead atoms. The highest BCUT2D eigenvalue weighted by atomic mass is 32.2. The Morgan fingerprint density at radius 2 is 1.40 bits per heavy atom. The van der Waals surface area contributed by atoms with E-state index in [0.717, 1.165) is 5.56 Å². The summed E-state index contributed by atoms with van der Waals surface area (Å²) in [7, 11) is 0. The molecule has 0 aliphatic carbocycles. The zero-order valence-corrected chi connectivity index (χ0v) is 35.1. The van der Waals surface area contributed by atoms with Crippen LogP contribution in [-0.4, -0.2) is 124 Å². The smallest absolute Gasteiger partial charge is 0.246 e. The molecule has 0 radical (unpaired) electrons. The molecular weight excluding hydrogens is 747 g/mol. The summed E-state index contributed by atoms with van der Waals surface area (Å²) >= 11 is 1.43. The number of fused-ring (bicyclic) bond motifs is 4. The van der Waals surface area contributed by atoms with E-state index < -0.39 is 59.6 Å². The Labute approximate surface area is 341 Å². The van der Waals surface area contributed by atoms with E-state index in [1.807, 2.05) is 58.0 Å². The number of rotatable bonds is 10. The van der Waals surface area contributed by atoms with Crippen LogP contribution in [0.4, 0.5) is 0 Å². The first kappa shape index (κ1) is 43.9. The van der Waals surface area contributed by atoms with Gasteiger partial charge in [0.05, 0.1) is 23.3 Å². The van der Waals surface area contributed by atoms with E-state index in [1.54, 1.807) is 24.8 Å². The molecule has 0 saturated carbocycles. The molecule has 4 aliphatic heterocycles. The van der Waals surface area contributed by atoms with Crippen LogP contribution in [0.3, 0.4) is 0 Å². The minimum Gasteiger partial charge on any atom is -0.369 e. The average molecular weight is 808 g/mol. The number of amides is 6. The van der Waals surface area contributed by atoms with Gasteiger partial charge in [-0.1, -0.05) is 76.9 Å². The van der Waals surface area contributed by atoms with Crippen molar-refractivity contribution in [1.82, 2.24) is 31.1 Å². The fraction of sp³-hybridized carbons (Fsp3) is 0.643. The molecule has 5 rings (SSSR count). The molecule has 6 amide bonds. The molecule has 14 nitrogen and oxygen atoms in total. The fourth-order valence-corrected chi connectivity index (χ4v) is 8.88. The fourth-order valence-electron chi connectivity index (χ4n) is 7.69. The number of carbonyl (C=O) groups is 6. The highest BCUT2D eigenvalue weighted by Crippen LogP contribution is 2.31. The molecule has 2 fully saturated rings. The summed E-state index contributed by atoms with van der Waals surface area (Å²) in [5, 5.41) is 12.4. The number of aliphatic imine (C=N–C) groups is 1. The van der Waals surface area contributed by atoms with E-state index in [0.29, 0.717) is 62.4 Å². The zero-order valence-electron chi connectivity index (χ0n) is 34.3. The van der Waals surface area contributed by atoms with Crippen molar-refractivity contribution in [2.75, 3.05) is 25.4 Å². The van der Waals surface area contributed by atoms with Gasteiger partial charge in [0.15, 0.2) is 0 Å². The van der Waals surface area contributed by atoms with Gasteiger partial charge in [-0.05, 0) is 56.9 Å². The van der Waals surface area contributed by atoms with Gasteiger partial charge in [0.1, 0.15) is 36.3 Å². The largest absolute Gasteiger partial charge is 0.369 e. The van der Waals surface area contributed by atoms with Gasteiger partial charge in [-0.3, -0.25) is 33.8 Å². The molecule has 57 heavy (non-hydrogen) atoms. The SMILES string of the molecule is C=CC(C)(C)OC[C@@H]1NC(=O)[C@H]([C@@H](C)CC)NC(=O)[C@@H]2CCCN2C(=O)[C@H]([C@@H](C)CC)NC(=O)[C@@H]2CSC(=N2)[C@@H]2CCCN2C(=O)[C@H](Cc2ccccc2)NC1=O. The Morgan fingerprint density at radius 3 is 2.05 bits per heavy atom. The first-order valence-electron chi connectivity index (χ1n) is 20.5. The van der Waals surface area contributed by atoms with Gasteiger partial charge in [0.2, 0.25) is 35.4 Å². The van der Waals surface area contributed by atoms with Crippen molar-refractivity contribution < 1.29 is 33.5 Å². The molecule has 9 atom stereocenters. The lowest BCUT2D eigenvalue weighted by Gasteiger charge is -2.33. The number of hydrogen-bond donors (Lipinski definition) is 4. The van der Waals surface area contributed by atoms with Gasteiger partial charge in [-0.2, -0.15) is 0 Å². The monoisotopic (exact) mass is 807 g/mol. The Bertz CT molecular complexity index is 1690. The minimum absolute atomic E-state index is 0.188. The number of hydrogen-bond acceptors (Lipinski definition) is 9. The first-order valence-corrected chi connectivity index (χ1v) is 21.5. The molecule has 1 aromatic rings. The molecular formula is C42H61N7O7S. The third-order valence-corrected chi connectivity index (χ3v) is 13.0. The zero-order chi connectivity index (χ0) is 41.4. The third-order valence-electron chi connectivity index (χ3n) is 11.8. The summed E-state index contributed by atoms with van der Waals surface area (Å²) in [6, 6.07) is 3.19. The van der Waals surface area contributed by atoms with Crippen LogP contribution in [0, 0.1) is 11.8 Å². The van der Waals surface area contributed by atoms with E-state index >= 15 is 0 Å². The molecule has 15 heteroatoms. The van der Waals surface area contributed by atoms with Crippen molar-refractivity contribution in [2.24, 2.45) is 16.8 Å². The highest BCUT2D eigenvalue weighted by Gasteiger charge is 2.44. The second kappa shape index (κ2) is 19.5. The van der Waals surface area contributed by atoms with E-state index in [4.69, 9.17) is 9.73 Å². The lowest BCUT2D eigenvalue weighted by atomic mass is 9.96. The van der Waals surface area contributed by atoms with E-state index in [-0.39, 0.29) is 48.6 Å². The van der Waals surface area contributed by atoms with Crippen LogP contribution < -0.4 is 21.3 Å². The molecule has 0 aromatic heterocycles. The first-order chi connectivity index (χ1) is 27.2. The Morgan fingerprint density at radius 1 is 0.807 bits per heavy atom. The number of nitrogens with one attached hydrogen (secondary N) is 4. The van der Waals surface area contributed by atoms with Crippen molar-refractivity contribution in [3.8, 4) is 0 Å². The van der Waals surface area contributed by atoms with Crippen LogP contribution in [0.5, 0.6) is 0 Å². The van der Waals surface area contributed by atoms with Crippen LogP contribution >= 0.6 is 11.8 Å². The Balaban J connectivity index is 1.56. The maximum Gasteiger partial charge on any atom is 0.246 e. The normalized spacial score (nSPS) is 29.2. The van der Waals surface area contributed by atoms with Crippen molar-refractivity contribution >= 4 is 52.2 Å². The summed E-state index contributed by atoms with van der Waals surface area (Å²) in [5.74, 6) is -2.96. The number of ether oxygens (including phenoxy) is 1. The summed E-state index contributed by atoms with van der Waals surface area (Å²) in [6.07, 6.45) is 5.25. The quantitative estimate of drug-likeness (QED) is 0.261. The van der Waals surface area contributed by atoms with E-state index in [1.165, 1.54) is 16.7 Å². The summed E-state index contributed by atoms with van der Waals surface area (Å²) in [5.41, 5.74) is -0.0177. The second-order valence-corrected chi connectivity index (χ2v) is 17.4. The van der Waals surface area contributed by atoms with Crippen LogP contribution in [0.25, 0.3) is 0 Å². The standard InChI is InChI=1S/C42H61N7O7S/c1-8-25(4)33-38(53)44-29(23-56-42(6,7)10-3)35(50)43-28(22-27-16-12-11-13-17-27)40(54)49-21-15-19-32(49)39-45-30(24-57-39)36(51)47-34(26(5)9-2)41(55)48-20-14-18-31(48)37(52)46-33/h10-13,16-17,25-26,28-34H,3,8-9,14-15,18-24H2,1-2,4-7H3,(H,43,50)(H,44,53)(H,46,52)(H,47,51)/t25-,26-,28-,29-,30-,31-,32-,33-,34-/m0/s1. The number of carbonyl (C=O) groups excluding carboxylic acids is 6. The van der Waals surface area contributed by atoms with Crippen LogP contribution in [0.2, 0.25) is 0 Å². The van der Waals surface area contributed by atoms with E-state index in [2.05, 4.69) is 27.8 Å². The van der Waals surface area contributed by atoms with Gasteiger partial charge in [-0.15, -0.1) is 18.3 Å². The molecule has 4 heterocycles. The lowest BCUT2D eigenvalue weighted by molar-refractivity contribution is -0.143. The minimum atomic E-state index is -1.25. The predicted molar refractivity (Wildman–Crippen MR) is 220 cm³/mol. The number of benzene rings is 1. The second-order valence-electron chi connectivity index (χ2n) is 16.3. The van der Waals surface area contributed by atoms with Gasteiger partial charge < -0.3 is 35.8 Å². The van der Waals surface area contributed by atoms with Gasteiger partial charge in [-0.25, -0.2) is 0 Å². The van der Waals surface area contributed by atoms with Gasteiger partial charge in [0.25, 0.3) is 0 Å². The molecule has 0 spiro atoms. The lowest BCUT2D eigenvalue weighted by Crippen LogP contribution is -2.61. The molecule has 312 valence electrons. The van der Waals surface area contributed by atoms with Crippen LogP contribution in [-0.2, 0) is 39.9 Å². The Kier molecular flexibility index (Phi) is 15.0. The summed E-state index contributed by atoms with van der Waals surface area (Å²) < 4.78 is 6.08. The summed E-state index contributed by atoms with van der Waals surface area (Å²) in [6.45, 7) is 15.5. The Hall–Kier alpha value is -4.24. The van der Waals surface area contributed by atoms with Gasteiger partial charge in [0, 0.05) is 25.3 Å². The molecule has 1 aromatic carbocycles. The third kappa shape index (κ3) is 10.6. The molecule has 4 aliphatic rings. The predicted octanol–water partition coefficient (Wildman–Crippen LogP) is 2.75. The molecule has 2 saturated heterocycles. The van der Waals surface area contributed by atoms with E-state index in [9.17, 15) is 28.8 Å². The maximum absolute atomic E-state index is 14.6. The number of thioether (sulfide) groups is 1. The number of nitrogens with zero attached hydrogens (tertiary/aromatic N) is 3. The average Bonchev–Trinajstić information content (AvgIpc) is 4.01. The highest BCUT2D eigenvalue weighted by molar-refractivity contribution is 8.14. The summed E-state index contributed by atoms with van der Waals surface area (Å²) in [4.78, 5) is 93.6. The molecule has 0 unspecified atom stereocenters. The van der Waals surface area contributed by atoms with Crippen LogP contribution in [0.15, 0.2) is 48.0 Å². The van der Waals surface area contributed by atoms with Crippen molar-refractivity contribution in [3.63, 3.8) is 0 Å². The topological polar surface area (TPSA) is 179 Å². The maximum atomic E-state index is 14.6. The van der Waals surface area contributed by atoms with Crippen LogP contribution in [0.1, 0.15) is 85.6 Å². The molecule has 4 N–H and O–H groups in total. The van der Waals surface area contributed by atoms with Crippen molar-refractivity contribution in [1.29, 1.82) is 0 Å². The van der Waals surface area contributed by atoms with Crippen molar-refractivity contribution in [3.05, 3.63) is 48.6 Å².